The largest absolute Gasteiger partial charge is 0.0776 e. The zero-order chi connectivity index (χ0) is 20.8. The van der Waals surface area contributed by atoms with Gasteiger partial charge >= 0.3 is 0 Å². The van der Waals surface area contributed by atoms with Crippen LogP contribution in [0, 0.1) is 0 Å². The molecule has 0 nitrogen and oxygen atoms in total. The quantitative estimate of drug-likeness (QED) is 0.313. The fourth-order valence-electron chi connectivity index (χ4n) is 0. The minimum atomic E-state index is -0.631. The van der Waals surface area contributed by atoms with E-state index in [2.05, 4.69) is 106 Å². The first kappa shape index (κ1) is 76.7. The van der Waals surface area contributed by atoms with Crippen molar-refractivity contribution in [2.45, 2.75) is 190 Å². The molecule has 0 unspecified atom stereocenters. The number of hydrogen-bond acceptors (Lipinski definition) is 0. The van der Waals surface area contributed by atoms with Gasteiger partial charge in [-0.05, 0) is 0 Å². The summed E-state index contributed by atoms with van der Waals surface area (Å²) in [4.78, 5) is 0. The molecular formula is C28H88Si4. The lowest BCUT2D eigenvalue weighted by Gasteiger charge is -2.09. The van der Waals surface area contributed by atoms with Crippen LogP contribution in [0.5, 0.6) is 0 Å². The number of hydrogen-bond donors (Lipinski definition) is 0. The standard InChI is InChI=1S/4C5H14Si.8CH4/c4*1-5-6(2,3)4;;;;;;;;/h4*5H2,1-4H3;8*1H4. The van der Waals surface area contributed by atoms with Gasteiger partial charge in [0.05, 0.1) is 0 Å². The highest BCUT2D eigenvalue weighted by Gasteiger charge is 2.08. The Morgan fingerprint density at radius 2 is 0.281 bits per heavy atom. The van der Waals surface area contributed by atoms with Gasteiger partial charge in [-0.2, -0.15) is 0 Å². The molecule has 4 heteroatoms. The molecule has 0 amide bonds. The summed E-state index contributed by atoms with van der Waals surface area (Å²) in [5.41, 5.74) is 0. The molecule has 32 heavy (non-hydrogen) atoms. The Hall–Kier alpha value is 0.868. The third kappa shape index (κ3) is 166. The van der Waals surface area contributed by atoms with Gasteiger partial charge in [0.15, 0.2) is 0 Å². The Kier molecular flexibility index (Phi) is 87.3. The molecule has 0 aromatic rings. The summed E-state index contributed by atoms with van der Waals surface area (Å²) in [7, 11) is -2.52. The smallest absolute Gasteiger partial charge is 0.0439 e. The van der Waals surface area contributed by atoms with Crippen LogP contribution in [-0.2, 0) is 0 Å². The van der Waals surface area contributed by atoms with Crippen molar-refractivity contribution in [1.29, 1.82) is 0 Å². The van der Waals surface area contributed by atoms with E-state index in [9.17, 15) is 0 Å². The first-order valence-electron chi connectivity index (χ1n) is 10.2. The molecule has 0 spiro atoms. The van der Waals surface area contributed by atoms with Crippen LogP contribution < -0.4 is 0 Å². The van der Waals surface area contributed by atoms with Gasteiger partial charge in [0, 0.05) is 32.3 Å². The Morgan fingerprint density at radius 1 is 0.250 bits per heavy atom. The third-order valence-corrected chi connectivity index (χ3v) is 12.7. The molecule has 0 aliphatic rings. The van der Waals surface area contributed by atoms with Gasteiger partial charge < -0.3 is 0 Å². The molecule has 0 saturated heterocycles. The zero-order valence-electron chi connectivity index (χ0n) is 20.8. The van der Waals surface area contributed by atoms with Crippen LogP contribution in [0.25, 0.3) is 0 Å². The molecule has 0 aliphatic carbocycles. The van der Waals surface area contributed by atoms with Gasteiger partial charge in [0.1, 0.15) is 0 Å². The van der Waals surface area contributed by atoms with Crippen LogP contribution in [0.15, 0.2) is 0 Å². The van der Waals surface area contributed by atoms with Crippen molar-refractivity contribution in [2.75, 3.05) is 0 Å². The SMILES string of the molecule is C.C.C.C.C.C.C.C.CC[Si](C)(C)C.CC[Si](C)(C)C.CC[Si](C)(C)C.CC[Si](C)(C)C. The maximum absolute atomic E-state index is 2.38. The van der Waals surface area contributed by atoms with E-state index in [0.717, 1.165) is 0 Å². The second-order valence-corrected chi connectivity index (χ2v) is 35.0. The molecule has 216 valence electrons. The molecule has 0 aromatic heterocycles. The van der Waals surface area contributed by atoms with Gasteiger partial charge in [0.25, 0.3) is 0 Å². The van der Waals surface area contributed by atoms with Crippen molar-refractivity contribution in [3.8, 4) is 0 Å². The van der Waals surface area contributed by atoms with Crippen molar-refractivity contribution in [1.82, 2.24) is 0 Å². The molecule has 0 heterocycles. The van der Waals surface area contributed by atoms with Crippen LogP contribution in [-0.4, -0.2) is 32.3 Å². The molecule has 0 aromatic carbocycles. The maximum atomic E-state index is 2.38. The highest BCUT2D eigenvalue weighted by Crippen LogP contribution is 2.06. The van der Waals surface area contributed by atoms with E-state index >= 15 is 0 Å². The lowest BCUT2D eigenvalue weighted by molar-refractivity contribution is 1.36. The van der Waals surface area contributed by atoms with Gasteiger partial charge in [-0.15, -0.1) is 0 Å². The maximum Gasteiger partial charge on any atom is 0.0439 e. The second-order valence-electron chi connectivity index (χ2n) is 11.7. The van der Waals surface area contributed by atoms with Crippen LogP contribution >= 0.6 is 0 Å². The summed E-state index contributed by atoms with van der Waals surface area (Å²) in [6.45, 7) is 37.7. The second kappa shape index (κ2) is 36.4. The van der Waals surface area contributed by atoms with Gasteiger partial charge in [0.2, 0.25) is 0 Å². The molecule has 0 N–H and O–H groups in total. The first-order chi connectivity index (χ1) is 10.2. The summed E-state index contributed by atoms with van der Waals surface area (Å²) in [5, 5.41) is 0. The van der Waals surface area contributed by atoms with E-state index in [4.69, 9.17) is 0 Å². The molecule has 0 fully saturated rings. The first-order valence-corrected chi connectivity index (χ1v) is 25.1. The van der Waals surface area contributed by atoms with E-state index in [1.807, 2.05) is 0 Å². The topological polar surface area (TPSA) is 0 Å². The number of rotatable bonds is 4. The predicted molar refractivity (Wildman–Crippen MR) is 189 cm³/mol. The van der Waals surface area contributed by atoms with Crippen molar-refractivity contribution >= 4 is 32.3 Å². The zero-order valence-corrected chi connectivity index (χ0v) is 24.8. The van der Waals surface area contributed by atoms with Crippen LogP contribution in [0.1, 0.15) is 87.1 Å². The average molecular weight is 537 g/mol. The van der Waals surface area contributed by atoms with Crippen molar-refractivity contribution in [2.24, 2.45) is 0 Å². The fourth-order valence-corrected chi connectivity index (χ4v) is 0. The van der Waals surface area contributed by atoms with E-state index in [-0.39, 0.29) is 59.4 Å². The van der Waals surface area contributed by atoms with Crippen LogP contribution in [0.3, 0.4) is 0 Å². The lowest BCUT2D eigenvalue weighted by Crippen LogP contribution is -2.16. The van der Waals surface area contributed by atoms with Crippen LogP contribution in [0.2, 0.25) is 103 Å². The highest BCUT2D eigenvalue weighted by atomic mass is 28.3. The molecule has 0 saturated carbocycles. The van der Waals surface area contributed by atoms with Gasteiger partial charge in [-0.25, -0.2) is 0 Å². The third-order valence-electron chi connectivity index (χ3n) is 4.24. The molecular weight excluding hydrogens is 449 g/mol. The molecule has 0 rings (SSSR count). The van der Waals surface area contributed by atoms with E-state index in [1.54, 1.807) is 0 Å². The summed E-state index contributed by atoms with van der Waals surface area (Å²) in [6, 6.07) is 5.64. The van der Waals surface area contributed by atoms with Crippen molar-refractivity contribution < 1.29 is 0 Å². The molecule has 0 radical (unpaired) electrons. The Morgan fingerprint density at radius 3 is 0.281 bits per heavy atom. The van der Waals surface area contributed by atoms with Gasteiger partial charge in [-0.1, -0.05) is 190 Å². The van der Waals surface area contributed by atoms with Gasteiger partial charge in [-0.3, -0.25) is 0 Å². The van der Waals surface area contributed by atoms with E-state index in [1.165, 1.54) is 24.2 Å². The fraction of sp³-hybridized carbons (Fsp3) is 1.00. The molecule has 0 aliphatic heterocycles. The molecule has 0 atom stereocenters. The van der Waals surface area contributed by atoms with Crippen LogP contribution in [0.4, 0.5) is 0 Å². The average Bonchev–Trinajstić information content (AvgIpc) is 2.37. The van der Waals surface area contributed by atoms with Crippen molar-refractivity contribution in [3.05, 3.63) is 0 Å². The predicted octanol–water partition coefficient (Wildman–Crippen LogP) is 14.5. The summed E-state index contributed by atoms with van der Waals surface area (Å²) >= 11 is 0. The van der Waals surface area contributed by atoms with E-state index in [0.29, 0.717) is 0 Å². The molecule has 0 bridgehead atoms. The normalized spacial score (nSPS) is 9.00. The Labute approximate surface area is 221 Å². The highest BCUT2D eigenvalue weighted by molar-refractivity contribution is 6.77. The lowest BCUT2D eigenvalue weighted by atomic mass is 11.0. The summed E-state index contributed by atoms with van der Waals surface area (Å²) < 4.78 is 0. The minimum absolute atomic E-state index is 0. The monoisotopic (exact) mass is 537 g/mol. The summed E-state index contributed by atoms with van der Waals surface area (Å²) in [5.74, 6) is 0. The Bertz CT molecular complexity index is 193. The van der Waals surface area contributed by atoms with Crippen molar-refractivity contribution in [3.63, 3.8) is 0 Å². The van der Waals surface area contributed by atoms with E-state index < -0.39 is 32.3 Å². The Balaban J connectivity index is -0.0000000154. The summed E-state index contributed by atoms with van der Waals surface area (Å²) in [6.07, 6.45) is 0. The minimum Gasteiger partial charge on any atom is -0.0776 e.